The van der Waals surface area contributed by atoms with E-state index < -0.39 is 6.10 Å². The number of benzene rings is 1. The van der Waals surface area contributed by atoms with Crippen LogP contribution in [0.3, 0.4) is 0 Å². The number of aliphatic hydroxyl groups excluding tert-OH is 1. The lowest BCUT2D eigenvalue weighted by molar-refractivity contribution is 0.186. The molecule has 1 aromatic rings. The molecule has 4 nitrogen and oxygen atoms in total. The fraction of sp³-hybridized carbons (Fsp3) is 0.588. The van der Waals surface area contributed by atoms with Crippen LogP contribution in [0.15, 0.2) is 29.3 Å². The lowest BCUT2D eigenvalue weighted by Gasteiger charge is -2.24. The van der Waals surface area contributed by atoms with Crippen LogP contribution in [0, 0.1) is 5.41 Å². The monoisotopic (exact) mass is 451 g/mol. The Morgan fingerprint density at radius 3 is 2.70 bits per heavy atom. The van der Waals surface area contributed by atoms with Crippen molar-refractivity contribution in [2.45, 2.75) is 33.3 Å². The van der Waals surface area contributed by atoms with Crippen LogP contribution in [0.25, 0.3) is 0 Å². The normalized spacial score (nSPS) is 18.5. The van der Waals surface area contributed by atoms with E-state index in [1.54, 1.807) is 6.07 Å². The van der Waals surface area contributed by atoms with Crippen molar-refractivity contribution in [2.75, 3.05) is 26.2 Å². The Morgan fingerprint density at radius 1 is 1.43 bits per heavy atom. The highest BCUT2D eigenvalue weighted by Crippen LogP contribution is 2.29. The number of nitrogens with zero attached hydrogens (tertiary/aromatic N) is 2. The molecule has 0 saturated carbocycles. The Bertz CT molecular complexity index is 536. The maximum atomic E-state index is 10.3. The summed E-state index contributed by atoms with van der Waals surface area (Å²) in [6, 6.07) is 7.37. The fourth-order valence-electron chi connectivity index (χ4n) is 2.74. The van der Waals surface area contributed by atoms with E-state index >= 15 is 0 Å². The average molecular weight is 452 g/mol. The van der Waals surface area contributed by atoms with Gasteiger partial charge in [0.15, 0.2) is 5.96 Å². The summed E-state index contributed by atoms with van der Waals surface area (Å²) in [5.41, 5.74) is 1.04. The smallest absolute Gasteiger partial charge is 0.194 e. The second kappa shape index (κ2) is 9.08. The topological polar surface area (TPSA) is 47.9 Å². The molecular formula is C17H27ClIN3O. The number of aliphatic imine (C=N–C) groups is 1. The first-order chi connectivity index (χ1) is 10.4. The van der Waals surface area contributed by atoms with Gasteiger partial charge < -0.3 is 15.3 Å². The van der Waals surface area contributed by atoms with Crippen LogP contribution < -0.4 is 5.32 Å². The second-order valence-corrected chi connectivity index (χ2v) is 6.97. The molecule has 1 atom stereocenters. The van der Waals surface area contributed by atoms with Crippen molar-refractivity contribution in [2.24, 2.45) is 10.4 Å². The fourth-order valence-corrected chi connectivity index (χ4v) is 3.00. The summed E-state index contributed by atoms with van der Waals surface area (Å²) < 4.78 is 0. The molecule has 0 radical (unpaired) electrons. The number of hydrogen-bond acceptors (Lipinski definition) is 2. The van der Waals surface area contributed by atoms with Crippen molar-refractivity contribution in [3.63, 3.8) is 0 Å². The lowest BCUT2D eigenvalue weighted by Crippen LogP contribution is -2.41. The predicted octanol–water partition coefficient (Wildman–Crippen LogP) is 3.69. The highest BCUT2D eigenvalue weighted by atomic mass is 127. The van der Waals surface area contributed by atoms with Gasteiger partial charge in [0.05, 0.1) is 6.54 Å². The standard InChI is InChI=1S/C17H26ClN3O.HI/c1-4-19-16(21-10-9-17(2,3)12-21)20-11-15(22)13-7-5-6-8-14(13)18;/h5-8,15,22H,4,9-12H2,1-3H3,(H,19,20);1H. The Hall–Kier alpha value is -0.530. The van der Waals surface area contributed by atoms with E-state index in [1.807, 2.05) is 18.2 Å². The third-order valence-electron chi connectivity index (χ3n) is 3.99. The number of nitrogens with one attached hydrogen (secondary N) is 1. The van der Waals surface area contributed by atoms with Crippen LogP contribution in [0.4, 0.5) is 0 Å². The van der Waals surface area contributed by atoms with E-state index in [1.165, 1.54) is 0 Å². The Balaban J connectivity index is 0.00000264. The summed E-state index contributed by atoms with van der Waals surface area (Å²) >= 11 is 6.13. The van der Waals surface area contributed by atoms with Crippen LogP contribution in [0.2, 0.25) is 5.02 Å². The number of rotatable bonds is 4. The molecule has 130 valence electrons. The van der Waals surface area contributed by atoms with Crippen molar-refractivity contribution < 1.29 is 5.11 Å². The van der Waals surface area contributed by atoms with Crippen LogP contribution in [-0.2, 0) is 0 Å². The summed E-state index contributed by atoms with van der Waals surface area (Å²) in [7, 11) is 0. The van der Waals surface area contributed by atoms with E-state index in [9.17, 15) is 5.11 Å². The van der Waals surface area contributed by atoms with Crippen LogP contribution >= 0.6 is 35.6 Å². The molecule has 1 aromatic carbocycles. The molecule has 0 bridgehead atoms. The first kappa shape index (κ1) is 20.5. The SMILES string of the molecule is CCNC(=NCC(O)c1ccccc1Cl)N1CCC(C)(C)C1.I. The van der Waals surface area contributed by atoms with Gasteiger partial charge in [-0.05, 0) is 24.8 Å². The molecule has 1 unspecified atom stereocenters. The number of likely N-dealkylation sites (tertiary alicyclic amines) is 1. The molecule has 1 fully saturated rings. The van der Waals surface area contributed by atoms with Gasteiger partial charge in [0, 0.05) is 30.2 Å². The van der Waals surface area contributed by atoms with Gasteiger partial charge in [-0.15, -0.1) is 24.0 Å². The first-order valence-electron chi connectivity index (χ1n) is 7.89. The molecule has 1 aliphatic heterocycles. The second-order valence-electron chi connectivity index (χ2n) is 6.57. The highest BCUT2D eigenvalue weighted by molar-refractivity contribution is 14.0. The highest BCUT2D eigenvalue weighted by Gasteiger charge is 2.30. The van der Waals surface area contributed by atoms with E-state index in [4.69, 9.17) is 11.6 Å². The van der Waals surface area contributed by atoms with Gasteiger partial charge in [-0.2, -0.15) is 0 Å². The predicted molar refractivity (Wildman–Crippen MR) is 108 cm³/mol. The summed E-state index contributed by atoms with van der Waals surface area (Å²) in [4.78, 5) is 6.87. The zero-order valence-electron chi connectivity index (χ0n) is 14.1. The van der Waals surface area contributed by atoms with Gasteiger partial charge in [-0.3, -0.25) is 4.99 Å². The van der Waals surface area contributed by atoms with E-state index in [0.29, 0.717) is 17.0 Å². The van der Waals surface area contributed by atoms with E-state index in [-0.39, 0.29) is 24.0 Å². The van der Waals surface area contributed by atoms with Gasteiger partial charge in [-0.25, -0.2) is 0 Å². The molecule has 2 N–H and O–H groups in total. The quantitative estimate of drug-likeness (QED) is 0.417. The molecule has 23 heavy (non-hydrogen) atoms. The van der Waals surface area contributed by atoms with Crippen LogP contribution in [0.5, 0.6) is 0 Å². The summed E-state index contributed by atoms with van der Waals surface area (Å²) in [6.07, 6.45) is 0.475. The number of guanidine groups is 1. The molecule has 0 aliphatic carbocycles. The van der Waals surface area contributed by atoms with Crippen LogP contribution in [0.1, 0.15) is 38.9 Å². The number of halogens is 2. The molecule has 1 heterocycles. The van der Waals surface area contributed by atoms with Crippen molar-refractivity contribution in [3.8, 4) is 0 Å². The van der Waals surface area contributed by atoms with Gasteiger partial charge in [0.25, 0.3) is 0 Å². The van der Waals surface area contributed by atoms with Gasteiger partial charge in [0.2, 0.25) is 0 Å². The molecule has 0 aromatic heterocycles. The van der Waals surface area contributed by atoms with Crippen LogP contribution in [-0.4, -0.2) is 42.1 Å². The van der Waals surface area contributed by atoms with Crippen molar-refractivity contribution in [1.82, 2.24) is 10.2 Å². The Kier molecular flexibility index (Phi) is 8.10. The molecule has 0 spiro atoms. The molecular weight excluding hydrogens is 425 g/mol. The summed E-state index contributed by atoms with van der Waals surface area (Å²) in [5, 5.41) is 14.2. The van der Waals surface area contributed by atoms with Gasteiger partial charge in [0.1, 0.15) is 6.10 Å². The minimum atomic E-state index is -0.682. The van der Waals surface area contributed by atoms with Crippen molar-refractivity contribution in [3.05, 3.63) is 34.9 Å². The largest absolute Gasteiger partial charge is 0.386 e. The minimum absolute atomic E-state index is 0. The number of aliphatic hydroxyl groups is 1. The molecule has 2 rings (SSSR count). The zero-order valence-corrected chi connectivity index (χ0v) is 17.1. The lowest BCUT2D eigenvalue weighted by atomic mass is 9.93. The van der Waals surface area contributed by atoms with Crippen molar-refractivity contribution >= 4 is 41.5 Å². The minimum Gasteiger partial charge on any atom is -0.386 e. The third kappa shape index (κ3) is 5.80. The van der Waals surface area contributed by atoms with E-state index in [2.05, 4.69) is 36.0 Å². The third-order valence-corrected chi connectivity index (χ3v) is 4.33. The van der Waals surface area contributed by atoms with Crippen molar-refractivity contribution in [1.29, 1.82) is 0 Å². The van der Waals surface area contributed by atoms with E-state index in [0.717, 1.165) is 37.6 Å². The number of hydrogen-bond donors (Lipinski definition) is 2. The zero-order chi connectivity index (χ0) is 16.2. The first-order valence-corrected chi connectivity index (χ1v) is 8.26. The molecule has 0 amide bonds. The summed E-state index contributed by atoms with van der Waals surface area (Å²) in [6.45, 7) is 9.72. The molecule has 1 saturated heterocycles. The Labute approximate surface area is 161 Å². The maximum Gasteiger partial charge on any atom is 0.194 e. The summed E-state index contributed by atoms with van der Waals surface area (Å²) in [5.74, 6) is 0.874. The molecule has 1 aliphatic rings. The Morgan fingerprint density at radius 2 is 2.13 bits per heavy atom. The van der Waals surface area contributed by atoms with Gasteiger partial charge in [-0.1, -0.05) is 43.6 Å². The average Bonchev–Trinajstić information content (AvgIpc) is 2.83. The molecule has 6 heteroatoms. The van der Waals surface area contributed by atoms with Gasteiger partial charge >= 0.3 is 0 Å². The maximum absolute atomic E-state index is 10.3.